The third-order valence-electron chi connectivity index (χ3n) is 2.86. The summed E-state index contributed by atoms with van der Waals surface area (Å²) in [5.74, 6) is -0.795. The number of thioether (sulfide) groups is 1. The van der Waals surface area contributed by atoms with Crippen LogP contribution in [-0.4, -0.2) is 26.4 Å². The predicted molar refractivity (Wildman–Crippen MR) is 71.4 cm³/mol. The van der Waals surface area contributed by atoms with Gasteiger partial charge >= 0.3 is 5.97 Å². The fraction of sp³-hybridized carbons (Fsp3) is 0.333. The first-order valence-electron chi connectivity index (χ1n) is 5.67. The number of nitrogens with zero attached hydrogens (tertiary/aromatic N) is 2. The number of hydrogen-bond acceptors (Lipinski definition) is 3. The second-order valence-corrected chi connectivity index (χ2v) is 5.69. The topological polar surface area (TPSA) is 55.1 Å². The van der Waals surface area contributed by atoms with Crippen molar-refractivity contribution in [2.75, 3.05) is 5.75 Å². The first kappa shape index (κ1) is 11.9. The van der Waals surface area contributed by atoms with Crippen molar-refractivity contribution in [1.29, 1.82) is 0 Å². The number of imidazole rings is 1. The van der Waals surface area contributed by atoms with Crippen LogP contribution in [0.3, 0.4) is 0 Å². The highest BCUT2D eigenvalue weighted by Crippen LogP contribution is 2.41. The third kappa shape index (κ3) is 2.20. The van der Waals surface area contributed by atoms with E-state index in [4.69, 9.17) is 16.7 Å². The van der Waals surface area contributed by atoms with Crippen LogP contribution in [0.25, 0.3) is 11.0 Å². The van der Waals surface area contributed by atoms with Gasteiger partial charge in [0.05, 0.1) is 16.8 Å². The maximum Gasteiger partial charge on any atom is 0.313 e. The van der Waals surface area contributed by atoms with Gasteiger partial charge in [-0.2, -0.15) is 0 Å². The smallest absolute Gasteiger partial charge is 0.313 e. The van der Waals surface area contributed by atoms with Crippen molar-refractivity contribution in [3.63, 3.8) is 0 Å². The third-order valence-corrected chi connectivity index (χ3v) is 4.03. The van der Waals surface area contributed by atoms with Crippen LogP contribution in [0.15, 0.2) is 23.4 Å². The first-order chi connectivity index (χ1) is 8.65. The lowest BCUT2D eigenvalue weighted by Crippen LogP contribution is -2.01. The number of hydrogen-bond donors (Lipinski definition) is 1. The number of carbonyl (C=O) groups is 1. The Morgan fingerprint density at radius 3 is 3.00 bits per heavy atom. The summed E-state index contributed by atoms with van der Waals surface area (Å²) in [5.41, 5.74) is 1.87. The molecule has 0 radical (unpaired) electrons. The summed E-state index contributed by atoms with van der Waals surface area (Å²) in [4.78, 5) is 15.2. The number of aliphatic carboxylic acids is 1. The molecule has 4 nitrogen and oxygen atoms in total. The highest BCUT2D eigenvalue weighted by molar-refractivity contribution is 7.99. The van der Waals surface area contributed by atoms with Crippen molar-refractivity contribution < 1.29 is 9.90 Å². The molecule has 1 fully saturated rings. The van der Waals surface area contributed by atoms with Crippen LogP contribution in [0.1, 0.15) is 18.9 Å². The lowest BCUT2D eigenvalue weighted by Gasteiger charge is -2.05. The first-order valence-corrected chi connectivity index (χ1v) is 7.03. The van der Waals surface area contributed by atoms with Gasteiger partial charge in [0.15, 0.2) is 5.16 Å². The summed E-state index contributed by atoms with van der Waals surface area (Å²) in [6.07, 6.45) is 2.25. The SMILES string of the molecule is O=C(O)CSc1nc2ccc(Cl)cc2n1C1CC1. The molecule has 6 heteroatoms. The Morgan fingerprint density at radius 1 is 1.56 bits per heavy atom. The van der Waals surface area contributed by atoms with Crippen molar-refractivity contribution in [3.8, 4) is 0 Å². The second-order valence-electron chi connectivity index (χ2n) is 4.31. The van der Waals surface area contributed by atoms with Crippen molar-refractivity contribution >= 4 is 40.4 Å². The van der Waals surface area contributed by atoms with Crippen molar-refractivity contribution in [2.45, 2.75) is 24.0 Å². The Balaban J connectivity index is 2.06. The molecule has 3 rings (SSSR count). The van der Waals surface area contributed by atoms with Gasteiger partial charge in [-0.15, -0.1) is 0 Å². The van der Waals surface area contributed by atoms with E-state index in [2.05, 4.69) is 9.55 Å². The molecule has 1 aromatic heterocycles. The summed E-state index contributed by atoms with van der Waals surface area (Å²) >= 11 is 7.27. The summed E-state index contributed by atoms with van der Waals surface area (Å²) in [6, 6.07) is 6.03. The zero-order chi connectivity index (χ0) is 12.7. The minimum atomic E-state index is -0.826. The molecule has 1 N–H and O–H groups in total. The van der Waals surface area contributed by atoms with Crippen molar-refractivity contribution in [3.05, 3.63) is 23.2 Å². The molecule has 1 aromatic carbocycles. The van der Waals surface area contributed by atoms with Gasteiger partial charge in [-0.1, -0.05) is 23.4 Å². The largest absolute Gasteiger partial charge is 0.481 e. The zero-order valence-electron chi connectivity index (χ0n) is 9.47. The average Bonchev–Trinajstić information content (AvgIpc) is 3.08. The molecule has 0 amide bonds. The van der Waals surface area contributed by atoms with Gasteiger partial charge in [-0.05, 0) is 31.0 Å². The number of carboxylic acid groups (broad SMARTS) is 1. The van der Waals surface area contributed by atoms with Crippen LogP contribution < -0.4 is 0 Å². The van der Waals surface area contributed by atoms with Gasteiger partial charge in [-0.3, -0.25) is 4.79 Å². The molecule has 0 atom stereocenters. The highest BCUT2D eigenvalue weighted by atomic mass is 35.5. The molecule has 2 aromatic rings. The molecule has 18 heavy (non-hydrogen) atoms. The van der Waals surface area contributed by atoms with E-state index < -0.39 is 5.97 Å². The predicted octanol–water partition coefficient (Wildman–Crippen LogP) is 3.20. The number of benzene rings is 1. The van der Waals surface area contributed by atoms with Crippen LogP contribution in [0, 0.1) is 0 Å². The molecule has 94 valence electrons. The quantitative estimate of drug-likeness (QED) is 0.875. The Hall–Kier alpha value is -1.20. The molecule has 0 saturated heterocycles. The van der Waals surface area contributed by atoms with E-state index in [1.54, 1.807) is 6.07 Å². The molecular formula is C12H11ClN2O2S. The monoisotopic (exact) mass is 282 g/mol. The fourth-order valence-electron chi connectivity index (χ4n) is 1.96. The summed E-state index contributed by atoms with van der Waals surface area (Å²) in [6.45, 7) is 0. The van der Waals surface area contributed by atoms with Crippen LogP contribution in [0.4, 0.5) is 0 Å². The second kappa shape index (κ2) is 4.48. The van der Waals surface area contributed by atoms with Gasteiger partial charge in [0.25, 0.3) is 0 Å². The van der Waals surface area contributed by atoms with Crippen LogP contribution in [-0.2, 0) is 4.79 Å². The average molecular weight is 283 g/mol. The van der Waals surface area contributed by atoms with Gasteiger partial charge in [-0.25, -0.2) is 4.98 Å². The van der Waals surface area contributed by atoms with E-state index in [9.17, 15) is 4.79 Å². The number of carboxylic acids is 1. The lowest BCUT2D eigenvalue weighted by molar-refractivity contribution is -0.133. The number of rotatable bonds is 4. The van der Waals surface area contributed by atoms with E-state index in [0.29, 0.717) is 11.1 Å². The molecular weight excluding hydrogens is 272 g/mol. The molecule has 1 aliphatic carbocycles. The van der Waals surface area contributed by atoms with Crippen molar-refractivity contribution in [2.24, 2.45) is 0 Å². The van der Waals surface area contributed by atoms with E-state index in [0.717, 1.165) is 29.0 Å². The maximum atomic E-state index is 10.7. The normalized spacial score (nSPS) is 15.2. The van der Waals surface area contributed by atoms with Gasteiger partial charge in [0.1, 0.15) is 0 Å². The lowest BCUT2D eigenvalue weighted by atomic mass is 10.3. The highest BCUT2D eigenvalue weighted by Gasteiger charge is 2.28. The van der Waals surface area contributed by atoms with E-state index >= 15 is 0 Å². The van der Waals surface area contributed by atoms with E-state index in [1.165, 1.54) is 11.8 Å². The molecule has 1 saturated carbocycles. The van der Waals surface area contributed by atoms with E-state index in [1.807, 2.05) is 12.1 Å². The molecule has 1 heterocycles. The van der Waals surface area contributed by atoms with Crippen LogP contribution in [0.2, 0.25) is 5.02 Å². The molecule has 0 unspecified atom stereocenters. The maximum absolute atomic E-state index is 10.7. The van der Waals surface area contributed by atoms with Gasteiger partial charge in [0, 0.05) is 11.1 Å². The van der Waals surface area contributed by atoms with E-state index in [-0.39, 0.29) is 5.75 Å². The Bertz CT molecular complexity index is 622. The number of aromatic nitrogens is 2. The summed E-state index contributed by atoms with van der Waals surface area (Å²) in [5, 5.41) is 10.2. The van der Waals surface area contributed by atoms with Crippen LogP contribution in [0.5, 0.6) is 0 Å². The van der Waals surface area contributed by atoms with Crippen molar-refractivity contribution in [1.82, 2.24) is 9.55 Å². The van der Waals surface area contributed by atoms with Gasteiger partial charge in [0.2, 0.25) is 0 Å². The van der Waals surface area contributed by atoms with Crippen LogP contribution >= 0.6 is 23.4 Å². The number of halogens is 1. The summed E-state index contributed by atoms with van der Waals surface area (Å²) < 4.78 is 2.12. The zero-order valence-corrected chi connectivity index (χ0v) is 11.0. The fourth-order valence-corrected chi connectivity index (χ4v) is 2.93. The summed E-state index contributed by atoms with van der Waals surface area (Å²) in [7, 11) is 0. The minimum Gasteiger partial charge on any atom is -0.481 e. The molecule has 1 aliphatic rings. The minimum absolute atomic E-state index is 0.0315. The number of fused-ring (bicyclic) bond motifs is 1. The van der Waals surface area contributed by atoms with Gasteiger partial charge < -0.3 is 9.67 Å². The molecule has 0 aliphatic heterocycles. The molecule has 0 spiro atoms. The standard InChI is InChI=1S/C12H11ClN2O2S/c13-7-1-4-9-10(5-7)15(8-2-3-8)12(14-9)18-6-11(16)17/h1,4-5,8H,2-3,6H2,(H,16,17). The molecule has 0 bridgehead atoms. The Morgan fingerprint density at radius 2 is 2.33 bits per heavy atom. The Labute approximate surface area is 113 Å². The Kier molecular flexibility index (Phi) is 2.95.